The fourth-order valence-corrected chi connectivity index (χ4v) is 6.00. The molecule has 226 valence electrons. The summed E-state index contributed by atoms with van der Waals surface area (Å²) in [7, 11) is -3.63. The lowest BCUT2D eigenvalue weighted by Crippen LogP contribution is -2.52. The highest BCUT2D eigenvalue weighted by Gasteiger charge is 2.31. The third-order valence-corrected chi connectivity index (χ3v) is 9.12. The summed E-state index contributed by atoms with van der Waals surface area (Å²) in [4.78, 5) is 29.4. The van der Waals surface area contributed by atoms with Crippen LogP contribution in [0, 0.1) is 13.8 Å². The number of sulfonamides is 1. The number of carbonyl (C=O) groups excluding carboxylic acids is 2. The number of nitrogens with one attached hydrogen (secondary N) is 1. The van der Waals surface area contributed by atoms with E-state index in [0.29, 0.717) is 22.7 Å². The van der Waals surface area contributed by atoms with Crippen molar-refractivity contribution >= 4 is 39.1 Å². The molecule has 0 bridgehead atoms. The minimum absolute atomic E-state index is 0.0459. The highest BCUT2D eigenvalue weighted by atomic mass is 35.5. The van der Waals surface area contributed by atoms with Crippen LogP contribution in [-0.4, -0.2) is 50.0 Å². The van der Waals surface area contributed by atoms with Gasteiger partial charge in [0.05, 0.1) is 11.9 Å². The zero-order valence-electron chi connectivity index (χ0n) is 25.1. The minimum atomic E-state index is -3.63. The molecule has 0 heterocycles. The van der Waals surface area contributed by atoms with Gasteiger partial charge < -0.3 is 10.2 Å². The van der Waals surface area contributed by atoms with Crippen molar-refractivity contribution in [3.63, 3.8) is 0 Å². The first-order valence-electron chi connectivity index (χ1n) is 14.3. The Hall–Kier alpha value is -3.36. The van der Waals surface area contributed by atoms with Gasteiger partial charge in [-0.2, -0.15) is 0 Å². The molecular weight excluding hydrogens is 570 g/mol. The quantitative estimate of drug-likeness (QED) is 0.240. The topological polar surface area (TPSA) is 86.8 Å². The maximum absolute atomic E-state index is 14.0. The number of nitrogens with zero attached hydrogens (tertiary/aromatic N) is 2. The Morgan fingerprint density at radius 2 is 1.62 bits per heavy atom. The van der Waals surface area contributed by atoms with E-state index in [1.54, 1.807) is 30.0 Å². The van der Waals surface area contributed by atoms with Crippen LogP contribution < -0.4 is 9.62 Å². The molecule has 1 N–H and O–H groups in total. The summed E-state index contributed by atoms with van der Waals surface area (Å²) in [6.45, 7) is 8.08. The van der Waals surface area contributed by atoms with Crippen molar-refractivity contribution in [2.45, 2.75) is 72.0 Å². The van der Waals surface area contributed by atoms with Gasteiger partial charge >= 0.3 is 0 Å². The molecule has 0 aromatic heterocycles. The number of carbonyl (C=O) groups is 2. The second-order valence-corrected chi connectivity index (χ2v) is 13.1. The van der Waals surface area contributed by atoms with Gasteiger partial charge in [0.15, 0.2) is 0 Å². The SMILES string of the molecule is CC[C@H](C)NC(=O)[C@H](Cc1ccccc1)N(Cc1ccccc1C)C(=O)CCCN(c1cccc(Cl)c1C)S(C)(=O)=O. The number of hydrogen-bond acceptors (Lipinski definition) is 4. The average Bonchev–Trinajstić information content (AvgIpc) is 2.95. The van der Waals surface area contributed by atoms with E-state index in [1.807, 2.05) is 75.4 Å². The van der Waals surface area contributed by atoms with Gasteiger partial charge in [-0.3, -0.25) is 13.9 Å². The highest BCUT2D eigenvalue weighted by molar-refractivity contribution is 7.92. The van der Waals surface area contributed by atoms with Gasteiger partial charge in [-0.1, -0.05) is 79.2 Å². The molecule has 0 aliphatic heterocycles. The first kappa shape index (κ1) is 33.1. The number of rotatable bonds is 14. The summed E-state index contributed by atoms with van der Waals surface area (Å²) in [5.41, 5.74) is 4.07. The van der Waals surface area contributed by atoms with Crippen molar-refractivity contribution < 1.29 is 18.0 Å². The van der Waals surface area contributed by atoms with Crippen molar-refractivity contribution in [3.05, 3.63) is 100 Å². The summed E-state index contributed by atoms with van der Waals surface area (Å²) in [6.07, 6.45) is 2.61. The molecule has 42 heavy (non-hydrogen) atoms. The number of amides is 2. The molecule has 0 spiro atoms. The average molecular weight is 612 g/mol. The number of benzene rings is 3. The Balaban J connectivity index is 1.92. The van der Waals surface area contributed by atoms with E-state index < -0.39 is 16.1 Å². The van der Waals surface area contributed by atoms with Gasteiger partial charge in [-0.15, -0.1) is 0 Å². The third kappa shape index (κ3) is 9.07. The Kier molecular flexibility index (Phi) is 12.0. The predicted octanol–water partition coefficient (Wildman–Crippen LogP) is 6.06. The lowest BCUT2D eigenvalue weighted by molar-refractivity contribution is -0.141. The zero-order chi connectivity index (χ0) is 30.9. The largest absolute Gasteiger partial charge is 0.352 e. The van der Waals surface area contributed by atoms with E-state index in [9.17, 15) is 18.0 Å². The number of aryl methyl sites for hydroxylation is 1. The molecule has 0 unspecified atom stereocenters. The molecule has 2 amide bonds. The third-order valence-electron chi connectivity index (χ3n) is 7.53. The van der Waals surface area contributed by atoms with E-state index in [4.69, 9.17) is 11.6 Å². The maximum atomic E-state index is 14.0. The molecule has 0 aliphatic rings. The second-order valence-electron chi connectivity index (χ2n) is 10.8. The molecule has 3 aromatic carbocycles. The maximum Gasteiger partial charge on any atom is 0.243 e. The molecule has 0 fully saturated rings. The van der Waals surface area contributed by atoms with Crippen molar-refractivity contribution in [3.8, 4) is 0 Å². The molecule has 2 atom stereocenters. The fourth-order valence-electron chi connectivity index (χ4n) is 4.81. The van der Waals surface area contributed by atoms with Crippen LogP contribution in [0.15, 0.2) is 72.8 Å². The molecule has 0 saturated heterocycles. The highest BCUT2D eigenvalue weighted by Crippen LogP contribution is 2.28. The summed E-state index contributed by atoms with van der Waals surface area (Å²) in [5.74, 6) is -0.419. The number of anilines is 1. The number of hydrogen-bond donors (Lipinski definition) is 1. The standard InChI is InChI=1S/C33H42ClN3O4S/c1-6-25(3)35-33(39)31(22-27-15-8-7-9-16-27)36(23-28-17-11-10-14-24(28)2)32(38)20-13-21-37(42(5,40)41)30-19-12-18-29(34)26(30)4/h7-12,14-19,25,31H,6,13,20-23H2,1-5H3,(H,35,39)/t25-,31-/m0/s1. The van der Waals surface area contributed by atoms with Crippen molar-refractivity contribution in [2.75, 3.05) is 17.1 Å². The zero-order valence-corrected chi connectivity index (χ0v) is 26.7. The van der Waals surface area contributed by atoms with E-state index in [2.05, 4.69) is 5.32 Å². The Bertz CT molecular complexity index is 1460. The van der Waals surface area contributed by atoms with E-state index >= 15 is 0 Å². The molecule has 3 aromatic rings. The monoisotopic (exact) mass is 611 g/mol. The smallest absolute Gasteiger partial charge is 0.243 e. The van der Waals surface area contributed by atoms with Crippen LogP contribution in [0.5, 0.6) is 0 Å². The Labute approximate surface area is 255 Å². The Morgan fingerprint density at radius 3 is 2.26 bits per heavy atom. The van der Waals surface area contributed by atoms with Crippen LogP contribution in [0.1, 0.15) is 55.4 Å². The molecule has 3 rings (SSSR count). The first-order valence-corrected chi connectivity index (χ1v) is 16.6. The van der Waals surface area contributed by atoms with Crippen LogP contribution in [0.4, 0.5) is 5.69 Å². The summed E-state index contributed by atoms with van der Waals surface area (Å²) < 4.78 is 26.8. The van der Waals surface area contributed by atoms with E-state index in [-0.39, 0.29) is 43.8 Å². The summed E-state index contributed by atoms with van der Waals surface area (Å²) >= 11 is 6.28. The fraction of sp³-hybridized carbons (Fsp3) is 0.394. The predicted molar refractivity (Wildman–Crippen MR) is 171 cm³/mol. The molecule has 0 saturated carbocycles. The lowest BCUT2D eigenvalue weighted by Gasteiger charge is -2.33. The first-order chi connectivity index (χ1) is 19.9. The van der Waals surface area contributed by atoms with Crippen molar-refractivity contribution in [1.82, 2.24) is 10.2 Å². The normalized spacial score (nSPS) is 12.8. The summed E-state index contributed by atoms with van der Waals surface area (Å²) in [5, 5.41) is 3.55. The number of halogens is 1. The van der Waals surface area contributed by atoms with Crippen molar-refractivity contribution in [1.29, 1.82) is 0 Å². The van der Waals surface area contributed by atoms with Gasteiger partial charge in [0, 0.05) is 37.0 Å². The van der Waals surface area contributed by atoms with Gasteiger partial charge in [0.2, 0.25) is 21.8 Å². The van der Waals surface area contributed by atoms with E-state index in [0.717, 1.165) is 29.4 Å². The van der Waals surface area contributed by atoms with Crippen LogP contribution in [0.2, 0.25) is 5.02 Å². The van der Waals surface area contributed by atoms with Crippen LogP contribution in [0.3, 0.4) is 0 Å². The molecule has 0 aliphatic carbocycles. The molecule has 7 nitrogen and oxygen atoms in total. The summed E-state index contributed by atoms with van der Waals surface area (Å²) in [6, 6.07) is 21.8. The van der Waals surface area contributed by atoms with Gasteiger partial charge in [0.1, 0.15) is 6.04 Å². The second kappa shape index (κ2) is 15.2. The van der Waals surface area contributed by atoms with Crippen LogP contribution in [-0.2, 0) is 32.6 Å². The van der Waals surface area contributed by atoms with Crippen molar-refractivity contribution in [2.24, 2.45) is 0 Å². The minimum Gasteiger partial charge on any atom is -0.352 e. The molecule has 0 radical (unpaired) electrons. The molecule has 9 heteroatoms. The Morgan fingerprint density at radius 1 is 0.952 bits per heavy atom. The van der Waals surface area contributed by atoms with Gasteiger partial charge in [-0.05, 0) is 68.0 Å². The van der Waals surface area contributed by atoms with E-state index in [1.165, 1.54) is 4.31 Å². The van der Waals surface area contributed by atoms with Gasteiger partial charge in [0.25, 0.3) is 0 Å². The van der Waals surface area contributed by atoms with Gasteiger partial charge in [-0.25, -0.2) is 8.42 Å². The lowest BCUT2D eigenvalue weighted by atomic mass is 10.0. The van der Waals surface area contributed by atoms with Crippen LogP contribution >= 0.6 is 11.6 Å². The van der Waals surface area contributed by atoms with Crippen LogP contribution in [0.25, 0.3) is 0 Å². The molecular formula is C33H42ClN3O4S.